The average molecular weight is 273 g/mol. The Hall–Kier alpha value is -1.60. The van der Waals surface area contributed by atoms with Gasteiger partial charge in [-0.15, -0.1) is 0 Å². The molecule has 0 bridgehead atoms. The third kappa shape index (κ3) is 2.16. The molecule has 0 radical (unpaired) electrons. The lowest BCUT2D eigenvalue weighted by molar-refractivity contribution is 0.209. The predicted molar refractivity (Wildman–Crippen MR) is 77.1 cm³/mol. The number of benzene rings is 1. The molecule has 0 spiro atoms. The molecule has 1 aromatic rings. The van der Waals surface area contributed by atoms with Crippen molar-refractivity contribution in [2.75, 3.05) is 25.0 Å². The number of nitrogens with one attached hydrogen (secondary N) is 1. The lowest BCUT2D eigenvalue weighted by atomic mass is 9.94. The summed E-state index contributed by atoms with van der Waals surface area (Å²) in [5.41, 5.74) is 1.91. The summed E-state index contributed by atoms with van der Waals surface area (Å²) in [6.07, 6.45) is 4.90. The highest BCUT2D eigenvalue weighted by Crippen LogP contribution is 2.39. The molecule has 2 fully saturated rings. The second kappa shape index (κ2) is 5.06. The van der Waals surface area contributed by atoms with E-state index in [0.717, 1.165) is 6.54 Å². The molecule has 4 heteroatoms. The van der Waals surface area contributed by atoms with Gasteiger partial charge in [0.2, 0.25) is 0 Å². The molecule has 20 heavy (non-hydrogen) atoms. The van der Waals surface area contributed by atoms with E-state index in [0.29, 0.717) is 16.8 Å². The lowest BCUT2D eigenvalue weighted by Crippen LogP contribution is -2.44. The Labute approximate surface area is 119 Å². The Morgan fingerprint density at radius 2 is 2.05 bits per heavy atom. The molecule has 3 nitrogen and oxygen atoms in total. The van der Waals surface area contributed by atoms with Crippen molar-refractivity contribution >= 4 is 5.69 Å². The number of nitriles is 1. The van der Waals surface area contributed by atoms with Gasteiger partial charge in [-0.2, -0.15) is 5.26 Å². The number of fused-ring (bicyclic) bond motifs is 1. The van der Waals surface area contributed by atoms with E-state index in [9.17, 15) is 9.65 Å². The van der Waals surface area contributed by atoms with Crippen LogP contribution in [0, 0.1) is 24.1 Å². The van der Waals surface area contributed by atoms with Gasteiger partial charge in [0.05, 0.1) is 11.3 Å². The van der Waals surface area contributed by atoms with Crippen LogP contribution in [0.3, 0.4) is 0 Å². The molecule has 1 N–H and O–H groups in total. The quantitative estimate of drug-likeness (QED) is 0.920. The Morgan fingerprint density at radius 1 is 1.35 bits per heavy atom. The largest absolute Gasteiger partial charge is 0.382 e. The molecule has 106 valence electrons. The highest BCUT2D eigenvalue weighted by Gasteiger charge is 2.43. The van der Waals surface area contributed by atoms with Gasteiger partial charge < -0.3 is 5.32 Å². The Kier molecular flexibility index (Phi) is 3.39. The number of anilines is 1. The Morgan fingerprint density at radius 3 is 2.70 bits per heavy atom. The summed E-state index contributed by atoms with van der Waals surface area (Å²) in [7, 11) is 0. The molecule has 0 aliphatic carbocycles. The van der Waals surface area contributed by atoms with Gasteiger partial charge in [-0.1, -0.05) is 0 Å². The minimum atomic E-state index is -0.251. The van der Waals surface area contributed by atoms with Crippen molar-refractivity contribution in [1.29, 1.82) is 5.26 Å². The molecular weight excluding hydrogens is 253 g/mol. The number of nitrogens with zero attached hydrogens (tertiary/aromatic N) is 2. The lowest BCUT2D eigenvalue weighted by Gasteiger charge is -2.32. The summed E-state index contributed by atoms with van der Waals surface area (Å²) in [6, 6.07) is 5.23. The first kappa shape index (κ1) is 13.4. The van der Waals surface area contributed by atoms with Crippen molar-refractivity contribution in [2.24, 2.45) is 0 Å². The van der Waals surface area contributed by atoms with Crippen LogP contribution in [-0.2, 0) is 0 Å². The van der Waals surface area contributed by atoms with Crippen molar-refractivity contribution in [3.63, 3.8) is 0 Å². The minimum Gasteiger partial charge on any atom is -0.382 e. The molecule has 2 saturated heterocycles. The SMILES string of the molecule is Cc1cc(C#N)c(NCC23CCCN2CCC3)cc1F. The van der Waals surface area contributed by atoms with Crippen molar-refractivity contribution < 1.29 is 4.39 Å². The van der Waals surface area contributed by atoms with Crippen molar-refractivity contribution in [3.05, 3.63) is 29.1 Å². The van der Waals surface area contributed by atoms with Gasteiger partial charge in [0.25, 0.3) is 0 Å². The molecule has 0 aromatic heterocycles. The maximum atomic E-state index is 13.7. The molecule has 0 atom stereocenters. The smallest absolute Gasteiger partial charge is 0.128 e. The van der Waals surface area contributed by atoms with Crippen LogP contribution >= 0.6 is 0 Å². The molecule has 0 saturated carbocycles. The minimum absolute atomic E-state index is 0.230. The monoisotopic (exact) mass is 273 g/mol. The van der Waals surface area contributed by atoms with Gasteiger partial charge in [-0.3, -0.25) is 4.90 Å². The van der Waals surface area contributed by atoms with Crippen LogP contribution < -0.4 is 5.32 Å². The summed E-state index contributed by atoms with van der Waals surface area (Å²) >= 11 is 0. The number of halogens is 1. The molecule has 2 aliphatic heterocycles. The van der Waals surface area contributed by atoms with Crippen LogP contribution in [0.2, 0.25) is 0 Å². The van der Waals surface area contributed by atoms with Gasteiger partial charge >= 0.3 is 0 Å². The Bertz CT molecular complexity index is 552. The summed E-state index contributed by atoms with van der Waals surface area (Å²) in [5.74, 6) is -0.251. The van der Waals surface area contributed by atoms with Gasteiger partial charge in [0.15, 0.2) is 0 Å². The van der Waals surface area contributed by atoms with E-state index in [1.165, 1.54) is 44.8 Å². The topological polar surface area (TPSA) is 39.1 Å². The van der Waals surface area contributed by atoms with Crippen LogP contribution in [0.5, 0.6) is 0 Å². The summed E-state index contributed by atoms with van der Waals surface area (Å²) in [4.78, 5) is 2.55. The van der Waals surface area contributed by atoms with Crippen molar-refractivity contribution in [2.45, 2.75) is 38.1 Å². The van der Waals surface area contributed by atoms with Gasteiger partial charge in [-0.05, 0) is 63.4 Å². The molecule has 0 amide bonds. The fourth-order valence-corrected chi connectivity index (χ4v) is 3.69. The zero-order chi connectivity index (χ0) is 14.2. The van der Waals surface area contributed by atoms with E-state index in [-0.39, 0.29) is 11.4 Å². The summed E-state index contributed by atoms with van der Waals surface area (Å²) in [6.45, 7) is 4.85. The van der Waals surface area contributed by atoms with E-state index in [1.54, 1.807) is 13.0 Å². The van der Waals surface area contributed by atoms with E-state index in [2.05, 4.69) is 16.3 Å². The van der Waals surface area contributed by atoms with Gasteiger partial charge in [0, 0.05) is 12.1 Å². The number of rotatable bonds is 3. The molecule has 2 heterocycles. The second-order valence-corrected chi connectivity index (χ2v) is 6.03. The zero-order valence-electron chi connectivity index (χ0n) is 11.9. The normalized spacial score (nSPS) is 20.6. The molecule has 1 aromatic carbocycles. The maximum absolute atomic E-state index is 13.7. The molecule has 3 rings (SSSR count). The standard InChI is InChI=1S/C16H20FN3/c1-12-8-13(10-18)15(9-14(12)17)19-11-16-4-2-6-20(16)7-3-5-16/h8-9,19H,2-7,11H2,1H3. The van der Waals surface area contributed by atoms with E-state index >= 15 is 0 Å². The van der Waals surface area contributed by atoms with Gasteiger partial charge in [0.1, 0.15) is 11.9 Å². The third-order valence-electron chi connectivity index (χ3n) is 4.84. The number of hydrogen-bond acceptors (Lipinski definition) is 3. The fraction of sp³-hybridized carbons (Fsp3) is 0.562. The van der Waals surface area contributed by atoms with Crippen LogP contribution in [-0.4, -0.2) is 30.1 Å². The molecule has 0 unspecified atom stereocenters. The second-order valence-electron chi connectivity index (χ2n) is 6.03. The number of aryl methyl sites for hydroxylation is 1. The highest BCUT2D eigenvalue weighted by atomic mass is 19.1. The average Bonchev–Trinajstić information content (AvgIpc) is 2.99. The van der Waals surface area contributed by atoms with E-state index < -0.39 is 0 Å². The molecule has 2 aliphatic rings. The van der Waals surface area contributed by atoms with E-state index in [1.807, 2.05) is 0 Å². The van der Waals surface area contributed by atoms with Crippen molar-refractivity contribution in [1.82, 2.24) is 4.90 Å². The van der Waals surface area contributed by atoms with Crippen LogP contribution in [0.1, 0.15) is 36.8 Å². The predicted octanol–water partition coefficient (Wildman–Crippen LogP) is 3.05. The third-order valence-corrected chi connectivity index (χ3v) is 4.84. The molecular formula is C16H20FN3. The number of hydrogen-bond donors (Lipinski definition) is 1. The summed E-state index contributed by atoms with van der Waals surface area (Å²) in [5, 5.41) is 12.5. The van der Waals surface area contributed by atoms with Crippen LogP contribution in [0.4, 0.5) is 10.1 Å². The van der Waals surface area contributed by atoms with Crippen LogP contribution in [0.15, 0.2) is 12.1 Å². The first-order valence-corrected chi connectivity index (χ1v) is 7.34. The highest BCUT2D eigenvalue weighted by molar-refractivity contribution is 5.59. The van der Waals surface area contributed by atoms with Gasteiger partial charge in [-0.25, -0.2) is 4.39 Å². The zero-order valence-corrected chi connectivity index (χ0v) is 11.9. The first-order valence-electron chi connectivity index (χ1n) is 7.34. The summed E-state index contributed by atoms with van der Waals surface area (Å²) < 4.78 is 13.7. The van der Waals surface area contributed by atoms with Crippen molar-refractivity contribution in [3.8, 4) is 6.07 Å². The fourth-order valence-electron chi connectivity index (χ4n) is 3.69. The van der Waals surface area contributed by atoms with E-state index in [4.69, 9.17) is 0 Å². The Balaban J connectivity index is 1.79. The maximum Gasteiger partial charge on any atom is 0.128 e. The van der Waals surface area contributed by atoms with Crippen LogP contribution in [0.25, 0.3) is 0 Å². The first-order chi connectivity index (χ1) is 9.64.